The van der Waals surface area contributed by atoms with Gasteiger partial charge in [0.25, 0.3) is 0 Å². The van der Waals surface area contributed by atoms with Gasteiger partial charge in [-0.1, -0.05) is 231 Å². The molecule has 0 aliphatic heterocycles. The third-order valence-electron chi connectivity index (χ3n) is 13.1. The Morgan fingerprint density at radius 2 is 0.681 bits per heavy atom. The van der Waals surface area contributed by atoms with Crippen molar-refractivity contribution in [1.82, 2.24) is 29.9 Å². The molecule has 1 aliphatic rings. The first-order valence-corrected chi connectivity index (χ1v) is 23.5. The van der Waals surface area contributed by atoms with Crippen molar-refractivity contribution >= 4 is 11.1 Å². The number of allylic oxidation sites excluding steroid dienone is 4. The highest BCUT2D eigenvalue weighted by atomic mass is 15.0. The van der Waals surface area contributed by atoms with Crippen molar-refractivity contribution < 1.29 is 0 Å². The van der Waals surface area contributed by atoms with Crippen molar-refractivity contribution in [2.24, 2.45) is 5.92 Å². The molecule has 0 saturated heterocycles. The zero-order chi connectivity index (χ0) is 46.6. The van der Waals surface area contributed by atoms with Crippen LogP contribution in [0.5, 0.6) is 0 Å². The van der Waals surface area contributed by atoms with Gasteiger partial charge >= 0.3 is 0 Å². The smallest absolute Gasteiger partial charge is 0.164 e. The van der Waals surface area contributed by atoms with E-state index in [-0.39, 0.29) is 0 Å². The van der Waals surface area contributed by atoms with Crippen molar-refractivity contribution in [3.8, 4) is 68.1 Å². The summed E-state index contributed by atoms with van der Waals surface area (Å²) in [6, 6.07) is 77.8. The van der Waals surface area contributed by atoms with Gasteiger partial charge in [-0.15, -0.1) is 0 Å². The van der Waals surface area contributed by atoms with Gasteiger partial charge in [0.2, 0.25) is 0 Å². The van der Waals surface area contributed by atoms with Crippen LogP contribution in [0.25, 0.3) is 79.2 Å². The lowest BCUT2D eigenvalue weighted by Crippen LogP contribution is -2.25. The second-order valence-electron chi connectivity index (χ2n) is 17.8. The molecule has 10 aromatic rings. The van der Waals surface area contributed by atoms with E-state index in [1.54, 1.807) is 0 Å². The van der Waals surface area contributed by atoms with E-state index in [2.05, 4.69) is 196 Å². The van der Waals surface area contributed by atoms with Crippen LogP contribution in [0.4, 0.5) is 0 Å². The zero-order valence-electron chi connectivity index (χ0n) is 38.5. The molecule has 0 bridgehead atoms. The molecule has 2 aromatic heterocycles. The van der Waals surface area contributed by atoms with E-state index in [0.717, 1.165) is 62.1 Å². The molecule has 2 heterocycles. The maximum Gasteiger partial charge on any atom is 0.164 e. The molecule has 0 fully saturated rings. The molecular formula is C63H48N6. The van der Waals surface area contributed by atoms with E-state index in [1.807, 2.05) is 54.6 Å². The molecule has 0 radical (unpaired) electrons. The van der Waals surface area contributed by atoms with Crippen LogP contribution in [0.15, 0.2) is 237 Å². The number of hydrogen-bond donors (Lipinski definition) is 0. The molecule has 1 aliphatic carbocycles. The number of nitrogens with zero attached hydrogens (tertiary/aromatic N) is 6. The average Bonchev–Trinajstić information content (AvgIpc) is 3.43. The largest absolute Gasteiger partial charge is 0.208 e. The number of aromatic nitrogens is 6. The molecule has 0 saturated carbocycles. The summed E-state index contributed by atoms with van der Waals surface area (Å²) in [6.07, 6.45) is 5.49. The van der Waals surface area contributed by atoms with Crippen LogP contribution < -0.4 is 0 Å². The molecule has 6 nitrogen and oxygen atoms in total. The molecular weight excluding hydrogens is 841 g/mol. The summed E-state index contributed by atoms with van der Waals surface area (Å²) in [5, 5.41) is 0. The summed E-state index contributed by atoms with van der Waals surface area (Å²) in [6.45, 7) is 4.55. The van der Waals surface area contributed by atoms with E-state index in [0.29, 0.717) is 40.9 Å². The summed E-state index contributed by atoms with van der Waals surface area (Å²) < 4.78 is 0. The van der Waals surface area contributed by atoms with Crippen LogP contribution in [-0.4, -0.2) is 29.9 Å². The molecule has 11 rings (SSSR count). The van der Waals surface area contributed by atoms with Gasteiger partial charge in [0.15, 0.2) is 34.9 Å². The van der Waals surface area contributed by atoms with Crippen LogP contribution in [0.3, 0.4) is 0 Å². The second kappa shape index (κ2) is 18.9. The standard InChI is InChI=1S/C63H48N6/c1-43-39-52(45-21-10-4-11-22-45)42-53(40-43)62-68-58(47-25-14-6-15-26-47)65-60(69-62)49-33-37-56(38-34-49)63(2,54-29-16-7-17-30-54)55-35-31-48(32-36-55)59-64-57(46-23-12-5-13-24-46)66-61(67-59)51-28-18-27-50(41-51)44-19-8-3-9-20-44/h3-38,40-43H,39H2,1-2H3. The first-order chi connectivity index (χ1) is 33.9. The maximum atomic E-state index is 5.18. The summed E-state index contributed by atoms with van der Waals surface area (Å²) >= 11 is 0. The van der Waals surface area contributed by atoms with Crippen molar-refractivity contribution in [2.45, 2.75) is 25.7 Å². The highest BCUT2D eigenvalue weighted by molar-refractivity contribution is 5.85. The first-order valence-electron chi connectivity index (χ1n) is 23.5. The van der Waals surface area contributed by atoms with E-state index in [9.17, 15) is 0 Å². The SMILES string of the molecule is CC1C=C(c2nc(-c3ccccc3)nc(-c3ccc(C(C)(c4ccccc4)c4ccc(-c5nc(-c6ccccc6)nc(-c6cccc(-c7ccccc7)c6)n5)cc4)cc3)n2)C=C(c2ccccc2)C1. The fourth-order valence-corrected chi connectivity index (χ4v) is 9.35. The molecule has 0 spiro atoms. The fourth-order valence-electron chi connectivity index (χ4n) is 9.35. The zero-order valence-corrected chi connectivity index (χ0v) is 38.5. The van der Waals surface area contributed by atoms with E-state index < -0.39 is 5.41 Å². The minimum absolute atomic E-state index is 0.328. The minimum Gasteiger partial charge on any atom is -0.208 e. The van der Waals surface area contributed by atoms with Gasteiger partial charge in [-0.2, -0.15) is 0 Å². The van der Waals surface area contributed by atoms with Gasteiger partial charge in [-0.3, -0.25) is 0 Å². The summed E-state index contributed by atoms with van der Waals surface area (Å²) in [7, 11) is 0. The van der Waals surface area contributed by atoms with Gasteiger partial charge in [0.1, 0.15) is 0 Å². The van der Waals surface area contributed by atoms with Gasteiger partial charge in [0.05, 0.1) is 0 Å². The highest BCUT2D eigenvalue weighted by Crippen LogP contribution is 2.41. The Bertz CT molecular complexity index is 3450. The number of hydrogen-bond acceptors (Lipinski definition) is 6. The average molecular weight is 889 g/mol. The summed E-state index contributed by atoms with van der Waals surface area (Å²) in [5.41, 5.74) is 13.3. The van der Waals surface area contributed by atoms with Crippen LogP contribution in [-0.2, 0) is 5.41 Å². The van der Waals surface area contributed by atoms with E-state index in [1.165, 1.54) is 16.7 Å². The Morgan fingerprint density at radius 1 is 0.333 bits per heavy atom. The van der Waals surface area contributed by atoms with Crippen LogP contribution in [0.2, 0.25) is 0 Å². The predicted octanol–water partition coefficient (Wildman–Crippen LogP) is 14.9. The van der Waals surface area contributed by atoms with E-state index >= 15 is 0 Å². The van der Waals surface area contributed by atoms with Crippen molar-refractivity contribution in [3.05, 3.63) is 265 Å². The van der Waals surface area contributed by atoms with Crippen LogP contribution in [0.1, 0.15) is 48.3 Å². The van der Waals surface area contributed by atoms with Crippen molar-refractivity contribution in [3.63, 3.8) is 0 Å². The van der Waals surface area contributed by atoms with Gasteiger partial charge in [-0.05, 0) is 70.4 Å². The lowest BCUT2D eigenvalue weighted by Gasteiger charge is -2.32. The quantitative estimate of drug-likeness (QED) is 0.120. The molecule has 69 heavy (non-hydrogen) atoms. The molecule has 0 amide bonds. The van der Waals surface area contributed by atoms with Crippen LogP contribution >= 0.6 is 0 Å². The topological polar surface area (TPSA) is 77.3 Å². The summed E-state index contributed by atoms with van der Waals surface area (Å²) in [4.78, 5) is 30.6. The fraction of sp³-hybridized carbons (Fsp3) is 0.0794. The molecule has 330 valence electrons. The van der Waals surface area contributed by atoms with Crippen LogP contribution in [0, 0.1) is 5.92 Å². The predicted molar refractivity (Wildman–Crippen MR) is 280 cm³/mol. The molecule has 8 aromatic carbocycles. The van der Waals surface area contributed by atoms with Gasteiger partial charge in [-0.25, -0.2) is 29.9 Å². The van der Waals surface area contributed by atoms with Gasteiger partial charge in [0, 0.05) is 38.8 Å². The monoisotopic (exact) mass is 888 g/mol. The Labute approximate surface area is 403 Å². The molecule has 0 N–H and O–H groups in total. The Morgan fingerprint density at radius 3 is 1.16 bits per heavy atom. The van der Waals surface area contributed by atoms with E-state index in [4.69, 9.17) is 29.9 Å². The van der Waals surface area contributed by atoms with Crippen molar-refractivity contribution in [1.29, 1.82) is 0 Å². The Hall–Kier alpha value is -8.74. The maximum absolute atomic E-state index is 5.18. The summed E-state index contributed by atoms with van der Waals surface area (Å²) in [5.74, 6) is 4.12. The Kier molecular flexibility index (Phi) is 11.7. The third kappa shape index (κ3) is 8.96. The molecule has 2 atom stereocenters. The highest BCUT2D eigenvalue weighted by Gasteiger charge is 2.31. The number of rotatable bonds is 11. The lowest BCUT2D eigenvalue weighted by molar-refractivity contribution is 0.692. The molecule has 2 unspecified atom stereocenters. The number of benzene rings is 8. The van der Waals surface area contributed by atoms with Crippen molar-refractivity contribution in [2.75, 3.05) is 0 Å². The van der Waals surface area contributed by atoms with Gasteiger partial charge < -0.3 is 0 Å². The minimum atomic E-state index is -0.517. The normalized spacial score (nSPS) is 14.3. The molecule has 6 heteroatoms. The second-order valence-corrected chi connectivity index (χ2v) is 17.8. The third-order valence-corrected chi connectivity index (χ3v) is 13.1. The lowest BCUT2D eigenvalue weighted by atomic mass is 9.71. The Balaban J connectivity index is 0.963. The first kappa shape index (κ1) is 42.9.